The first-order valence-corrected chi connectivity index (χ1v) is 6.44. The van der Waals surface area contributed by atoms with Gasteiger partial charge in [0.25, 0.3) is 5.91 Å². The molecule has 22 heavy (non-hydrogen) atoms. The van der Waals surface area contributed by atoms with Crippen LogP contribution in [0.5, 0.6) is 5.88 Å². The minimum atomic E-state index is -4.46. The van der Waals surface area contributed by atoms with E-state index >= 15 is 0 Å². The molecule has 2 heterocycles. The molecule has 0 bridgehead atoms. The van der Waals surface area contributed by atoms with Crippen LogP contribution in [0, 0.1) is 5.92 Å². The minimum absolute atomic E-state index is 0.112. The highest BCUT2D eigenvalue weighted by molar-refractivity contribution is 5.94. The largest absolute Gasteiger partial charge is 0.481 e. The van der Waals surface area contributed by atoms with Crippen molar-refractivity contribution in [3.8, 4) is 5.88 Å². The Morgan fingerprint density at radius 2 is 2.14 bits per heavy atom. The van der Waals surface area contributed by atoms with E-state index in [-0.39, 0.29) is 18.0 Å². The summed E-state index contributed by atoms with van der Waals surface area (Å²) in [5.41, 5.74) is 0.172. The maximum Gasteiger partial charge on any atom is 0.422 e. The lowest BCUT2D eigenvalue weighted by molar-refractivity contribution is -0.154. The smallest absolute Gasteiger partial charge is 0.422 e. The normalized spacial score (nSPS) is 18.3. The van der Waals surface area contributed by atoms with Gasteiger partial charge in [0, 0.05) is 25.4 Å². The van der Waals surface area contributed by atoms with Gasteiger partial charge in [0.2, 0.25) is 5.88 Å². The third-order valence-corrected chi connectivity index (χ3v) is 3.19. The average Bonchev–Trinajstić information content (AvgIpc) is 2.94. The van der Waals surface area contributed by atoms with Crippen LogP contribution < -0.4 is 4.74 Å². The first-order chi connectivity index (χ1) is 10.3. The Kier molecular flexibility index (Phi) is 4.53. The number of carboxylic acids is 1. The molecule has 0 aliphatic carbocycles. The van der Waals surface area contributed by atoms with Gasteiger partial charge in [-0.15, -0.1) is 0 Å². The predicted octanol–water partition coefficient (Wildman–Crippen LogP) is 1.57. The highest BCUT2D eigenvalue weighted by Gasteiger charge is 2.31. The van der Waals surface area contributed by atoms with Gasteiger partial charge in [-0.05, 0) is 12.5 Å². The molecular weight excluding hydrogens is 305 g/mol. The Morgan fingerprint density at radius 1 is 1.41 bits per heavy atom. The predicted molar refractivity (Wildman–Crippen MR) is 67.4 cm³/mol. The summed E-state index contributed by atoms with van der Waals surface area (Å²) in [7, 11) is 0. The lowest BCUT2D eigenvalue weighted by Crippen LogP contribution is -2.30. The lowest BCUT2D eigenvalue weighted by atomic mass is 10.1. The molecule has 9 heteroatoms. The van der Waals surface area contributed by atoms with Crippen molar-refractivity contribution in [3.05, 3.63) is 23.9 Å². The highest BCUT2D eigenvalue weighted by atomic mass is 19.4. The third kappa shape index (κ3) is 4.09. The number of aliphatic carboxylic acids is 1. The number of nitrogens with zero attached hydrogens (tertiary/aromatic N) is 2. The number of pyridine rings is 1. The number of carbonyl (C=O) groups excluding carboxylic acids is 1. The van der Waals surface area contributed by atoms with Crippen LogP contribution >= 0.6 is 0 Å². The van der Waals surface area contributed by atoms with Crippen LogP contribution in [0.15, 0.2) is 18.3 Å². The molecule has 1 aromatic rings. The van der Waals surface area contributed by atoms with Crippen LogP contribution in [-0.2, 0) is 4.79 Å². The Labute approximate surface area is 123 Å². The molecule has 0 unspecified atom stereocenters. The number of halogens is 3. The van der Waals surface area contributed by atoms with E-state index in [1.807, 2.05) is 0 Å². The molecule has 0 saturated carbocycles. The number of carbonyl (C=O) groups is 2. The molecule has 1 N–H and O–H groups in total. The number of likely N-dealkylation sites (tertiary alicyclic amines) is 1. The highest BCUT2D eigenvalue weighted by Crippen LogP contribution is 2.20. The fourth-order valence-electron chi connectivity index (χ4n) is 2.08. The molecule has 0 radical (unpaired) electrons. The monoisotopic (exact) mass is 318 g/mol. The van der Waals surface area contributed by atoms with Crippen molar-refractivity contribution in [3.63, 3.8) is 0 Å². The van der Waals surface area contributed by atoms with Crippen LogP contribution in [0.3, 0.4) is 0 Å². The van der Waals surface area contributed by atoms with Crippen LogP contribution in [0.1, 0.15) is 16.8 Å². The number of aromatic nitrogens is 1. The van der Waals surface area contributed by atoms with Crippen molar-refractivity contribution in [1.82, 2.24) is 9.88 Å². The van der Waals surface area contributed by atoms with Gasteiger partial charge < -0.3 is 14.7 Å². The Hall–Kier alpha value is -2.32. The number of amides is 1. The summed E-state index contributed by atoms with van der Waals surface area (Å²) in [6.07, 6.45) is -2.97. The van der Waals surface area contributed by atoms with E-state index in [2.05, 4.69) is 9.72 Å². The molecule has 0 aromatic carbocycles. The van der Waals surface area contributed by atoms with Gasteiger partial charge in [-0.2, -0.15) is 13.2 Å². The van der Waals surface area contributed by atoms with Gasteiger partial charge in [0.05, 0.1) is 11.5 Å². The SMILES string of the molecule is O=C(O)[C@H]1CCN(C(=O)c2ccc(OCC(F)(F)F)nc2)C1. The van der Waals surface area contributed by atoms with Crippen LogP contribution in [0.4, 0.5) is 13.2 Å². The van der Waals surface area contributed by atoms with Gasteiger partial charge in [0.15, 0.2) is 6.61 Å². The summed E-state index contributed by atoms with van der Waals surface area (Å²) >= 11 is 0. The van der Waals surface area contributed by atoms with Crippen LogP contribution in [-0.4, -0.2) is 52.7 Å². The van der Waals surface area contributed by atoms with Gasteiger partial charge in [-0.25, -0.2) is 4.98 Å². The van der Waals surface area contributed by atoms with Gasteiger partial charge >= 0.3 is 12.1 Å². The Bertz CT molecular complexity index is 559. The maximum absolute atomic E-state index is 12.1. The molecule has 120 valence electrons. The molecule has 1 atom stereocenters. The summed E-state index contributed by atoms with van der Waals surface area (Å²) in [6.45, 7) is -1.03. The second-order valence-electron chi connectivity index (χ2n) is 4.86. The zero-order chi connectivity index (χ0) is 16.3. The van der Waals surface area contributed by atoms with Gasteiger partial charge in [-0.3, -0.25) is 9.59 Å². The van der Waals surface area contributed by atoms with Crippen molar-refractivity contribution in [2.75, 3.05) is 19.7 Å². The molecule has 0 spiro atoms. The number of rotatable bonds is 4. The Balaban J connectivity index is 1.96. The molecule has 1 aliphatic heterocycles. The molecule has 1 saturated heterocycles. The lowest BCUT2D eigenvalue weighted by Gasteiger charge is -2.15. The van der Waals surface area contributed by atoms with Gasteiger partial charge in [0.1, 0.15) is 0 Å². The van der Waals surface area contributed by atoms with E-state index in [1.54, 1.807) is 0 Å². The van der Waals surface area contributed by atoms with Crippen molar-refractivity contribution in [1.29, 1.82) is 0 Å². The fourth-order valence-corrected chi connectivity index (χ4v) is 2.08. The van der Waals surface area contributed by atoms with Gasteiger partial charge in [-0.1, -0.05) is 0 Å². The first kappa shape index (κ1) is 16.1. The number of hydrogen-bond acceptors (Lipinski definition) is 4. The van der Waals surface area contributed by atoms with E-state index in [4.69, 9.17) is 5.11 Å². The fraction of sp³-hybridized carbons (Fsp3) is 0.462. The first-order valence-electron chi connectivity index (χ1n) is 6.44. The number of alkyl halides is 3. The Morgan fingerprint density at radius 3 is 2.64 bits per heavy atom. The molecule has 1 fully saturated rings. The van der Waals surface area contributed by atoms with Crippen molar-refractivity contribution in [2.24, 2.45) is 5.92 Å². The second kappa shape index (κ2) is 6.20. The van der Waals surface area contributed by atoms with Crippen molar-refractivity contribution >= 4 is 11.9 Å². The molecule has 2 rings (SSSR count). The molecule has 1 amide bonds. The minimum Gasteiger partial charge on any atom is -0.481 e. The standard InChI is InChI=1S/C13H13F3N2O4/c14-13(15,16)7-22-10-2-1-8(5-17-10)11(19)18-4-3-9(6-18)12(20)21/h1-2,5,9H,3-4,6-7H2,(H,20,21)/t9-/m0/s1. The molecule has 6 nitrogen and oxygen atoms in total. The van der Waals surface area contributed by atoms with E-state index in [1.165, 1.54) is 17.0 Å². The number of hydrogen-bond donors (Lipinski definition) is 1. The quantitative estimate of drug-likeness (QED) is 0.911. The zero-order valence-electron chi connectivity index (χ0n) is 11.3. The summed E-state index contributed by atoms with van der Waals surface area (Å²) in [5.74, 6) is -2.19. The van der Waals surface area contributed by atoms with Crippen molar-refractivity contribution < 1.29 is 32.6 Å². The summed E-state index contributed by atoms with van der Waals surface area (Å²) in [5, 5.41) is 8.89. The van der Waals surface area contributed by atoms with E-state index < -0.39 is 30.6 Å². The molecular formula is C13H13F3N2O4. The maximum atomic E-state index is 12.1. The summed E-state index contributed by atoms with van der Waals surface area (Å²) < 4.78 is 40.4. The third-order valence-electron chi connectivity index (χ3n) is 3.19. The topological polar surface area (TPSA) is 79.7 Å². The van der Waals surface area contributed by atoms with Crippen LogP contribution in [0.25, 0.3) is 0 Å². The number of carboxylic acid groups (broad SMARTS) is 1. The average molecular weight is 318 g/mol. The molecule has 1 aromatic heterocycles. The van der Waals surface area contributed by atoms with E-state index in [0.717, 1.165) is 6.20 Å². The van der Waals surface area contributed by atoms with E-state index in [9.17, 15) is 22.8 Å². The summed E-state index contributed by atoms with van der Waals surface area (Å²) in [4.78, 5) is 28.0. The number of ether oxygens (including phenoxy) is 1. The van der Waals surface area contributed by atoms with E-state index in [0.29, 0.717) is 13.0 Å². The zero-order valence-corrected chi connectivity index (χ0v) is 11.3. The molecule has 1 aliphatic rings. The van der Waals surface area contributed by atoms with Crippen LogP contribution in [0.2, 0.25) is 0 Å². The second-order valence-corrected chi connectivity index (χ2v) is 4.86. The van der Waals surface area contributed by atoms with Crippen molar-refractivity contribution in [2.45, 2.75) is 12.6 Å². The summed E-state index contributed by atoms with van der Waals surface area (Å²) in [6, 6.07) is 2.47.